The summed E-state index contributed by atoms with van der Waals surface area (Å²) in [6, 6.07) is 3.70. The molecule has 0 aromatic carbocycles. The molecular weight excluding hydrogens is 294 g/mol. The van der Waals surface area contributed by atoms with Gasteiger partial charge >= 0.3 is 0 Å². The largest absolute Gasteiger partial charge is 0.329 e. The molecule has 20 heavy (non-hydrogen) atoms. The molecule has 2 rings (SSSR count). The van der Waals surface area contributed by atoms with Crippen LogP contribution in [0, 0.1) is 0 Å². The average molecular weight is 317 g/mol. The summed E-state index contributed by atoms with van der Waals surface area (Å²) in [6.45, 7) is 2.89. The maximum absolute atomic E-state index is 12.8. The molecule has 1 aromatic heterocycles. The van der Waals surface area contributed by atoms with Gasteiger partial charge < -0.3 is 5.73 Å². The molecular formula is C13H23N3O2S2. The average Bonchev–Trinajstić information content (AvgIpc) is 2.99. The highest BCUT2D eigenvalue weighted by Gasteiger charge is 2.36. The second-order valence-corrected chi connectivity index (χ2v) is 8.13. The predicted octanol–water partition coefficient (Wildman–Crippen LogP) is 1.80. The van der Waals surface area contributed by atoms with Gasteiger partial charge in [-0.15, -0.1) is 11.3 Å². The minimum Gasteiger partial charge on any atom is -0.329 e. The number of hydrogen-bond donors (Lipinski definition) is 1. The Hall–Kier alpha value is -0.470. The van der Waals surface area contributed by atoms with Gasteiger partial charge in [0.15, 0.2) is 0 Å². The normalized spacial score (nSPS) is 23.1. The van der Waals surface area contributed by atoms with Crippen LogP contribution < -0.4 is 5.73 Å². The van der Waals surface area contributed by atoms with E-state index in [9.17, 15) is 8.42 Å². The molecule has 0 amide bonds. The zero-order valence-corrected chi connectivity index (χ0v) is 13.7. The molecule has 2 N–H and O–H groups in total. The first kappa shape index (κ1) is 15.9. The van der Waals surface area contributed by atoms with Crippen molar-refractivity contribution in [1.82, 2.24) is 8.61 Å². The summed E-state index contributed by atoms with van der Waals surface area (Å²) in [4.78, 5) is 1.05. The van der Waals surface area contributed by atoms with Gasteiger partial charge in [0, 0.05) is 31.1 Å². The first-order chi connectivity index (χ1) is 9.48. The van der Waals surface area contributed by atoms with E-state index in [0.717, 1.165) is 24.1 Å². The molecule has 0 saturated carbocycles. The predicted molar refractivity (Wildman–Crippen MR) is 82.8 cm³/mol. The van der Waals surface area contributed by atoms with Crippen molar-refractivity contribution >= 4 is 21.5 Å². The van der Waals surface area contributed by atoms with Crippen molar-refractivity contribution in [2.45, 2.75) is 38.3 Å². The fourth-order valence-electron chi connectivity index (χ4n) is 2.59. The fourth-order valence-corrected chi connectivity index (χ4v) is 5.25. The summed E-state index contributed by atoms with van der Waals surface area (Å²) in [5, 5.41) is 1.97. The molecule has 1 aliphatic rings. The third-order valence-corrected chi connectivity index (χ3v) is 7.17. The number of piperidine rings is 1. The summed E-state index contributed by atoms with van der Waals surface area (Å²) >= 11 is 1.58. The summed E-state index contributed by atoms with van der Waals surface area (Å²) in [6.07, 6.45) is 2.83. The number of thiophene rings is 1. The topological polar surface area (TPSA) is 66.6 Å². The van der Waals surface area contributed by atoms with Crippen LogP contribution >= 0.6 is 11.3 Å². The van der Waals surface area contributed by atoms with E-state index in [1.807, 2.05) is 24.4 Å². The van der Waals surface area contributed by atoms with Crippen LogP contribution in [0.2, 0.25) is 0 Å². The number of nitrogens with two attached hydrogens (primary N) is 1. The molecule has 5 nitrogen and oxygen atoms in total. The maximum Gasteiger partial charge on any atom is 0.282 e. The van der Waals surface area contributed by atoms with Crippen molar-refractivity contribution < 1.29 is 8.42 Å². The van der Waals surface area contributed by atoms with Gasteiger partial charge in [-0.05, 0) is 31.2 Å². The lowest BCUT2D eigenvalue weighted by Gasteiger charge is -2.37. The molecule has 1 aliphatic heterocycles. The van der Waals surface area contributed by atoms with Gasteiger partial charge in [0.05, 0.1) is 6.04 Å². The molecule has 1 aromatic rings. The molecule has 1 fully saturated rings. The molecule has 1 saturated heterocycles. The SMILES string of the molecule is CC(c1cccs1)N(C)S(=O)(=O)N1CCCCC1CN. The Kier molecular flexibility index (Phi) is 5.19. The fraction of sp³-hybridized carbons (Fsp3) is 0.692. The van der Waals surface area contributed by atoms with E-state index in [0.29, 0.717) is 13.1 Å². The maximum atomic E-state index is 12.8. The molecule has 0 aliphatic carbocycles. The second kappa shape index (κ2) is 6.53. The standard InChI is InChI=1S/C13H23N3O2S2/c1-11(13-7-5-9-19-13)15(2)20(17,18)16-8-4-3-6-12(16)10-14/h5,7,9,11-12H,3-4,6,8,10,14H2,1-2H3. The zero-order valence-electron chi connectivity index (χ0n) is 12.0. The van der Waals surface area contributed by atoms with Crippen molar-refractivity contribution in [3.05, 3.63) is 22.4 Å². The van der Waals surface area contributed by atoms with E-state index in [4.69, 9.17) is 5.73 Å². The van der Waals surface area contributed by atoms with Crippen molar-refractivity contribution in [2.24, 2.45) is 5.73 Å². The van der Waals surface area contributed by atoms with E-state index in [1.165, 1.54) is 4.31 Å². The Morgan fingerprint density at radius 2 is 2.30 bits per heavy atom. The second-order valence-electron chi connectivity index (χ2n) is 5.21. The lowest BCUT2D eigenvalue weighted by atomic mass is 10.1. The van der Waals surface area contributed by atoms with Crippen LogP contribution in [0.1, 0.15) is 37.1 Å². The van der Waals surface area contributed by atoms with E-state index in [1.54, 1.807) is 22.7 Å². The molecule has 2 heterocycles. The molecule has 0 spiro atoms. The molecule has 114 valence electrons. The van der Waals surface area contributed by atoms with Gasteiger partial charge in [0.2, 0.25) is 0 Å². The summed E-state index contributed by atoms with van der Waals surface area (Å²) in [5.74, 6) is 0. The summed E-state index contributed by atoms with van der Waals surface area (Å²) in [7, 11) is -1.80. The van der Waals surface area contributed by atoms with Gasteiger partial charge in [0.25, 0.3) is 10.2 Å². The lowest BCUT2D eigenvalue weighted by Crippen LogP contribution is -2.52. The number of hydrogen-bond acceptors (Lipinski definition) is 4. The van der Waals surface area contributed by atoms with E-state index in [2.05, 4.69) is 0 Å². The van der Waals surface area contributed by atoms with Gasteiger partial charge in [-0.2, -0.15) is 17.0 Å². The zero-order chi connectivity index (χ0) is 14.8. The third kappa shape index (κ3) is 3.07. The van der Waals surface area contributed by atoms with Crippen LogP contribution in [-0.2, 0) is 10.2 Å². The van der Waals surface area contributed by atoms with Crippen LogP contribution in [-0.4, -0.2) is 43.2 Å². The van der Waals surface area contributed by atoms with Crippen molar-refractivity contribution in [2.75, 3.05) is 20.1 Å². The van der Waals surface area contributed by atoms with E-state index >= 15 is 0 Å². The highest BCUT2D eigenvalue weighted by Crippen LogP contribution is 2.29. The minimum atomic E-state index is -3.46. The Balaban J connectivity index is 2.20. The van der Waals surface area contributed by atoms with Gasteiger partial charge in [-0.3, -0.25) is 0 Å². The van der Waals surface area contributed by atoms with Gasteiger partial charge in [-0.25, -0.2) is 0 Å². The van der Waals surface area contributed by atoms with Gasteiger partial charge in [0.1, 0.15) is 0 Å². The van der Waals surface area contributed by atoms with Crippen LogP contribution in [0.4, 0.5) is 0 Å². The highest BCUT2D eigenvalue weighted by molar-refractivity contribution is 7.86. The molecule has 0 radical (unpaired) electrons. The first-order valence-corrected chi connectivity index (χ1v) is 9.24. The van der Waals surface area contributed by atoms with Crippen LogP contribution in [0.3, 0.4) is 0 Å². The van der Waals surface area contributed by atoms with Crippen LogP contribution in [0.15, 0.2) is 17.5 Å². The molecule has 2 unspecified atom stereocenters. The van der Waals surface area contributed by atoms with Crippen molar-refractivity contribution in [3.8, 4) is 0 Å². The Morgan fingerprint density at radius 3 is 2.90 bits per heavy atom. The minimum absolute atomic E-state index is 0.0632. The van der Waals surface area contributed by atoms with E-state index in [-0.39, 0.29) is 12.1 Å². The highest BCUT2D eigenvalue weighted by atomic mass is 32.2. The number of rotatable bonds is 5. The van der Waals surface area contributed by atoms with Gasteiger partial charge in [-0.1, -0.05) is 12.5 Å². The van der Waals surface area contributed by atoms with Crippen molar-refractivity contribution in [1.29, 1.82) is 0 Å². The smallest absolute Gasteiger partial charge is 0.282 e. The Morgan fingerprint density at radius 1 is 1.55 bits per heavy atom. The number of nitrogens with zero attached hydrogens (tertiary/aromatic N) is 2. The third-order valence-electron chi connectivity index (χ3n) is 4.01. The van der Waals surface area contributed by atoms with Crippen molar-refractivity contribution in [3.63, 3.8) is 0 Å². The van der Waals surface area contributed by atoms with Crippen LogP contribution in [0.25, 0.3) is 0 Å². The quantitative estimate of drug-likeness (QED) is 0.900. The Bertz CT molecular complexity index is 516. The van der Waals surface area contributed by atoms with Crippen LogP contribution in [0.5, 0.6) is 0 Å². The monoisotopic (exact) mass is 317 g/mol. The Labute approximate surface area is 125 Å². The summed E-state index contributed by atoms with van der Waals surface area (Å²) in [5.41, 5.74) is 5.74. The first-order valence-electron chi connectivity index (χ1n) is 6.96. The lowest BCUT2D eigenvalue weighted by molar-refractivity contribution is 0.233. The summed E-state index contributed by atoms with van der Waals surface area (Å²) < 4.78 is 28.6. The molecule has 0 bridgehead atoms. The molecule has 7 heteroatoms. The van der Waals surface area contributed by atoms with E-state index < -0.39 is 10.2 Å². The molecule has 2 atom stereocenters.